The molecule has 2 heterocycles. The highest BCUT2D eigenvalue weighted by atomic mass is 16.7. The van der Waals surface area contributed by atoms with Gasteiger partial charge in [0.25, 0.3) is 5.91 Å². The number of anilines is 1. The quantitative estimate of drug-likeness (QED) is 0.303. The van der Waals surface area contributed by atoms with Crippen LogP contribution in [0, 0.1) is 0 Å². The lowest BCUT2D eigenvalue weighted by Gasteiger charge is -2.24. The molecule has 0 radical (unpaired) electrons. The molecule has 5 aromatic rings. The molecule has 0 saturated carbocycles. The summed E-state index contributed by atoms with van der Waals surface area (Å²) in [6.07, 6.45) is 1.72. The lowest BCUT2D eigenvalue weighted by atomic mass is 10.0. The van der Waals surface area contributed by atoms with Gasteiger partial charge in [-0.2, -0.15) is 0 Å². The van der Waals surface area contributed by atoms with Crippen molar-refractivity contribution >= 4 is 22.5 Å². The molecular weight excluding hydrogens is 436 g/mol. The van der Waals surface area contributed by atoms with Crippen LogP contribution in [0.1, 0.15) is 15.9 Å². The van der Waals surface area contributed by atoms with E-state index in [1.54, 1.807) is 11.1 Å². The zero-order chi connectivity index (χ0) is 23.6. The van der Waals surface area contributed by atoms with Crippen molar-refractivity contribution < 1.29 is 14.3 Å². The predicted molar refractivity (Wildman–Crippen MR) is 137 cm³/mol. The van der Waals surface area contributed by atoms with Crippen molar-refractivity contribution in [3.63, 3.8) is 0 Å². The van der Waals surface area contributed by atoms with Gasteiger partial charge in [0, 0.05) is 17.3 Å². The Kier molecular flexibility index (Phi) is 5.35. The number of aromatic nitrogens is 1. The fourth-order valence-corrected chi connectivity index (χ4v) is 4.41. The number of hydrogen-bond donors (Lipinski definition) is 0. The fraction of sp³-hybridized carbons (Fsp3) is 0.0667. The molecule has 4 aromatic carbocycles. The van der Waals surface area contributed by atoms with E-state index in [4.69, 9.17) is 9.47 Å². The zero-order valence-electron chi connectivity index (χ0n) is 18.9. The summed E-state index contributed by atoms with van der Waals surface area (Å²) in [4.78, 5) is 20.4. The summed E-state index contributed by atoms with van der Waals surface area (Å²) in [5, 5.41) is 0.930. The summed E-state index contributed by atoms with van der Waals surface area (Å²) >= 11 is 0. The van der Waals surface area contributed by atoms with E-state index in [-0.39, 0.29) is 12.7 Å². The van der Waals surface area contributed by atoms with Crippen LogP contribution in [0.4, 0.5) is 5.69 Å². The van der Waals surface area contributed by atoms with Crippen molar-refractivity contribution in [3.8, 4) is 22.6 Å². The molecule has 5 nitrogen and oxygen atoms in total. The number of nitrogens with zero attached hydrogens (tertiary/aromatic N) is 2. The van der Waals surface area contributed by atoms with Crippen LogP contribution >= 0.6 is 0 Å². The third-order valence-corrected chi connectivity index (χ3v) is 6.15. The third-order valence-electron chi connectivity index (χ3n) is 6.15. The van der Waals surface area contributed by atoms with Gasteiger partial charge in [-0.3, -0.25) is 9.78 Å². The van der Waals surface area contributed by atoms with E-state index in [1.807, 2.05) is 78.9 Å². The summed E-state index contributed by atoms with van der Waals surface area (Å²) in [6.45, 7) is 0.583. The first-order valence-corrected chi connectivity index (χ1v) is 11.5. The minimum Gasteiger partial charge on any atom is -0.454 e. The van der Waals surface area contributed by atoms with Crippen LogP contribution in [0.15, 0.2) is 109 Å². The van der Waals surface area contributed by atoms with Gasteiger partial charge >= 0.3 is 0 Å². The van der Waals surface area contributed by atoms with E-state index in [9.17, 15) is 4.79 Å². The Morgan fingerprint density at radius 2 is 1.57 bits per heavy atom. The number of rotatable bonds is 5. The molecule has 1 amide bonds. The van der Waals surface area contributed by atoms with Crippen molar-refractivity contribution in [3.05, 3.63) is 120 Å². The van der Waals surface area contributed by atoms with Crippen LogP contribution in [-0.4, -0.2) is 17.7 Å². The van der Waals surface area contributed by atoms with Gasteiger partial charge in [-0.05, 0) is 53.1 Å². The summed E-state index contributed by atoms with van der Waals surface area (Å²) in [6, 6.07) is 33.6. The Hall–Kier alpha value is -4.64. The second-order valence-electron chi connectivity index (χ2n) is 8.38. The van der Waals surface area contributed by atoms with Gasteiger partial charge in [0.15, 0.2) is 11.5 Å². The molecule has 1 aliphatic rings. The van der Waals surface area contributed by atoms with Gasteiger partial charge in [0.1, 0.15) is 0 Å². The van der Waals surface area contributed by atoms with Crippen LogP contribution in [0.3, 0.4) is 0 Å². The first kappa shape index (κ1) is 20.9. The average Bonchev–Trinajstić information content (AvgIpc) is 3.40. The molecule has 35 heavy (non-hydrogen) atoms. The van der Waals surface area contributed by atoms with Crippen molar-refractivity contribution in [2.75, 3.05) is 11.7 Å². The summed E-state index contributed by atoms with van der Waals surface area (Å²) in [7, 11) is 0. The number of para-hydroxylation sites is 1. The molecule has 170 valence electrons. The number of carbonyl (C=O) groups excluding carboxylic acids is 1. The summed E-state index contributed by atoms with van der Waals surface area (Å²) in [5.74, 6) is 1.30. The largest absolute Gasteiger partial charge is 0.454 e. The van der Waals surface area contributed by atoms with Crippen molar-refractivity contribution in [2.24, 2.45) is 0 Å². The predicted octanol–water partition coefficient (Wildman–Crippen LogP) is 6.48. The SMILES string of the molecule is O=C(c1cccc2cccnc12)N(Cc1ccc2c(c1)OCO2)c1cccc(-c2ccccc2)c1. The lowest BCUT2D eigenvalue weighted by molar-refractivity contribution is 0.0986. The van der Waals surface area contributed by atoms with Gasteiger partial charge < -0.3 is 14.4 Å². The fourth-order valence-electron chi connectivity index (χ4n) is 4.41. The minimum absolute atomic E-state index is 0.114. The monoisotopic (exact) mass is 458 g/mol. The maximum absolute atomic E-state index is 14.1. The summed E-state index contributed by atoms with van der Waals surface area (Å²) in [5.41, 5.74) is 5.14. The van der Waals surface area contributed by atoms with Crippen LogP contribution < -0.4 is 14.4 Å². The highest BCUT2D eigenvalue weighted by Crippen LogP contribution is 2.34. The van der Waals surface area contributed by atoms with E-state index < -0.39 is 0 Å². The van der Waals surface area contributed by atoms with Crippen LogP contribution in [0.2, 0.25) is 0 Å². The van der Waals surface area contributed by atoms with Crippen LogP contribution in [0.25, 0.3) is 22.0 Å². The van der Waals surface area contributed by atoms with E-state index >= 15 is 0 Å². The second-order valence-corrected chi connectivity index (χ2v) is 8.38. The van der Waals surface area contributed by atoms with Crippen molar-refractivity contribution in [1.29, 1.82) is 0 Å². The van der Waals surface area contributed by atoms with Gasteiger partial charge in [-0.1, -0.05) is 66.7 Å². The van der Waals surface area contributed by atoms with Gasteiger partial charge in [0.05, 0.1) is 17.6 Å². The number of carbonyl (C=O) groups is 1. The zero-order valence-corrected chi connectivity index (χ0v) is 18.9. The third kappa shape index (κ3) is 4.08. The number of fused-ring (bicyclic) bond motifs is 2. The van der Waals surface area contributed by atoms with Gasteiger partial charge in [-0.15, -0.1) is 0 Å². The lowest BCUT2D eigenvalue weighted by Crippen LogP contribution is -2.30. The maximum atomic E-state index is 14.1. The van der Waals surface area contributed by atoms with Crippen LogP contribution in [-0.2, 0) is 6.54 Å². The highest BCUT2D eigenvalue weighted by Gasteiger charge is 2.23. The molecule has 1 aromatic heterocycles. The average molecular weight is 459 g/mol. The molecule has 0 fully saturated rings. The number of pyridine rings is 1. The molecule has 0 saturated heterocycles. The topological polar surface area (TPSA) is 51.7 Å². The van der Waals surface area contributed by atoms with E-state index in [2.05, 4.69) is 29.2 Å². The minimum atomic E-state index is -0.114. The van der Waals surface area contributed by atoms with Gasteiger partial charge in [-0.25, -0.2) is 0 Å². The standard InChI is InChI=1S/C30H22N2O3/c33-30(26-13-5-9-23-11-6-16-31-29(23)26)32(19-21-14-15-27-28(17-21)35-20-34-27)25-12-4-10-24(18-25)22-7-2-1-3-8-22/h1-18H,19-20H2. The van der Waals surface area contributed by atoms with Crippen molar-refractivity contribution in [2.45, 2.75) is 6.54 Å². The Bertz CT molecular complexity index is 1530. The molecule has 6 rings (SSSR count). The molecule has 0 atom stereocenters. The van der Waals surface area contributed by atoms with E-state index in [0.29, 0.717) is 23.4 Å². The maximum Gasteiger partial charge on any atom is 0.260 e. The Balaban J connectivity index is 1.45. The number of ether oxygens (including phenoxy) is 2. The van der Waals surface area contributed by atoms with E-state index in [1.165, 1.54) is 0 Å². The smallest absolute Gasteiger partial charge is 0.260 e. The van der Waals surface area contributed by atoms with E-state index in [0.717, 1.165) is 33.5 Å². The first-order chi connectivity index (χ1) is 17.3. The number of benzene rings is 4. The Labute approximate surface area is 203 Å². The molecule has 0 aliphatic carbocycles. The molecule has 0 bridgehead atoms. The molecule has 0 N–H and O–H groups in total. The normalized spacial score (nSPS) is 12.0. The second kappa shape index (κ2) is 8.95. The summed E-state index contributed by atoms with van der Waals surface area (Å²) < 4.78 is 11.0. The molecule has 0 spiro atoms. The van der Waals surface area contributed by atoms with Crippen LogP contribution in [0.5, 0.6) is 11.5 Å². The number of amides is 1. The Morgan fingerprint density at radius 1 is 0.771 bits per heavy atom. The first-order valence-electron chi connectivity index (χ1n) is 11.5. The number of hydrogen-bond acceptors (Lipinski definition) is 4. The molecule has 5 heteroatoms. The molecule has 0 unspecified atom stereocenters. The molecule has 1 aliphatic heterocycles. The van der Waals surface area contributed by atoms with Gasteiger partial charge in [0.2, 0.25) is 6.79 Å². The highest BCUT2D eigenvalue weighted by molar-refractivity contribution is 6.13. The Morgan fingerprint density at radius 3 is 2.49 bits per heavy atom. The molecular formula is C30H22N2O3. The van der Waals surface area contributed by atoms with Crippen molar-refractivity contribution in [1.82, 2.24) is 4.98 Å².